The number of hydrogen-bond acceptors (Lipinski definition) is 6. The fourth-order valence-corrected chi connectivity index (χ4v) is 1.63. The Hall–Kier alpha value is -2.57. The Balaban J connectivity index is 3.03. The normalized spacial score (nSPS) is 9.67. The van der Waals surface area contributed by atoms with Gasteiger partial charge in [-0.1, -0.05) is 12.1 Å². The van der Waals surface area contributed by atoms with Gasteiger partial charge in [-0.3, -0.25) is 14.4 Å². The number of methoxy groups -OCH3 is 3. The van der Waals surface area contributed by atoms with Crippen LogP contribution in [-0.4, -0.2) is 57.2 Å². The summed E-state index contributed by atoms with van der Waals surface area (Å²) < 4.78 is 14.1. The van der Waals surface area contributed by atoms with Crippen LogP contribution in [0.4, 0.5) is 0 Å². The average Bonchev–Trinajstić information content (AvgIpc) is 2.52. The number of para-hydroxylation sites is 1. The Morgan fingerprint density at radius 2 is 1.48 bits per heavy atom. The van der Waals surface area contributed by atoms with E-state index in [1.807, 2.05) is 0 Å². The van der Waals surface area contributed by atoms with Gasteiger partial charge in [-0.15, -0.1) is 0 Å². The van der Waals surface area contributed by atoms with Gasteiger partial charge in [0.25, 0.3) is 5.91 Å². The maximum absolute atomic E-state index is 12.5. The topological polar surface area (TPSA) is 82.1 Å². The van der Waals surface area contributed by atoms with Crippen molar-refractivity contribution in [1.29, 1.82) is 0 Å². The number of carbonyl (C=O) groups is 3. The summed E-state index contributed by atoms with van der Waals surface area (Å²) in [4.78, 5) is 36.3. The highest BCUT2D eigenvalue weighted by Crippen LogP contribution is 2.19. The van der Waals surface area contributed by atoms with E-state index in [0.717, 1.165) is 4.90 Å². The van der Waals surface area contributed by atoms with Crippen LogP contribution in [0.3, 0.4) is 0 Å². The number of benzene rings is 1. The van der Waals surface area contributed by atoms with Crippen LogP contribution in [0.5, 0.6) is 5.75 Å². The molecular formula is C14H17NO6. The largest absolute Gasteiger partial charge is 0.496 e. The smallest absolute Gasteiger partial charge is 0.325 e. The van der Waals surface area contributed by atoms with Gasteiger partial charge in [0.2, 0.25) is 0 Å². The van der Waals surface area contributed by atoms with Crippen LogP contribution in [0, 0.1) is 0 Å². The van der Waals surface area contributed by atoms with Gasteiger partial charge in [0, 0.05) is 0 Å². The molecule has 0 bridgehead atoms. The van der Waals surface area contributed by atoms with Crippen LogP contribution in [0.2, 0.25) is 0 Å². The summed E-state index contributed by atoms with van der Waals surface area (Å²) in [6, 6.07) is 6.52. The van der Waals surface area contributed by atoms with Crippen LogP contribution in [-0.2, 0) is 19.1 Å². The van der Waals surface area contributed by atoms with Crippen LogP contribution >= 0.6 is 0 Å². The lowest BCUT2D eigenvalue weighted by Gasteiger charge is -2.21. The van der Waals surface area contributed by atoms with Crippen molar-refractivity contribution in [2.45, 2.75) is 0 Å². The molecule has 21 heavy (non-hydrogen) atoms. The SMILES string of the molecule is COC(=O)CN(CC(=O)OC)C(=O)c1ccccc1OC. The number of esters is 2. The van der Waals surface area contributed by atoms with E-state index >= 15 is 0 Å². The van der Waals surface area contributed by atoms with Gasteiger partial charge in [-0.2, -0.15) is 0 Å². The predicted molar refractivity (Wildman–Crippen MR) is 72.9 cm³/mol. The van der Waals surface area contributed by atoms with Crippen molar-refractivity contribution in [2.75, 3.05) is 34.4 Å². The standard InChI is InChI=1S/C14H17NO6/c1-19-11-7-5-4-6-10(11)14(18)15(8-12(16)20-2)9-13(17)21-3/h4-7H,8-9H2,1-3H3. The first kappa shape index (κ1) is 16.5. The highest BCUT2D eigenvalue weighted by atomic mass is 16.5. The van der Waals surface area contributed by atoms with Crippen LogP contribution in [0.25, 0.3) is 0 Å². The molecule has 0 saturated heterocycles. The lowest BCUT2D eigenvalue weighted by atomic mass is 10.1. The fourth-order valence-electron chi connectivity index (χ4n) is 1.63. The summed E-state index contributed by atoms with van der Waals surface area (Å²) in [6.07, 6.45) is 0. The van der Waals surface area contributed by atoms with E-state index < -0.39 is 17.8 Å². The first-order valence-electron chi connectivity index (χ1n) is 6.09. The van der Waals surface area contributed by atoms with Gasteiger partial charge < -0.3 is 19.1 Å². The molecule has 7 heteroatoms. The van der Waals surface area contributed by atoms with Crippen molar-refractivity contribution in [3.8, 4) is 5.75 Å². The molecule has 0 saturated carbocycles. The molecule has 0 aliphatic heterocycles. The summed E-state index contributed by atoms with van der Waals surface area (Å²) in [5.74, 6) is -1.45. The Morgan fingerprint density at radius 1 is 0.952 bits per heavy atom. The van der Waals surface area contributed by atoms with E-state index in [9.17, 15) is 14.4 Å². The minimum atomic E-state index is -0.637. The van der Waals surface area contributed by atoms with Crippen molar-refractivity contribution >= 4 is 17.8 Å². The molecule has 7 nitrogen and oxygen atoms in total. The minimum Gasteiger partial charge on any atom is -0.496 e. The lowest BCUT2D eigenvalue weighted by Crippen LogP contribution is -2.40. The van der Waals surface area contributed by atoms with Gasteiger partial charge >= 0.3 is 11.9 Å². The molecule has 0 aliphatic carbocycles. The molecule has 0 N–H and O–H groups in total. The molecule has 114 valence electrons. The second kappa shape index (κ2) is 7.88. The number of carbonyl (C=O) groups excluding carboxylic acids is 3. The first-order chi connectivity index (χ1) is 10.0. The summed E-state index contributed by atoms with van der Waals surface area (Å²) in [5, 5.41) is 0. The van der Waals surface area contributed by atoms with Gasteiger partial charge in [-0.25, -0.2) is 0 Å². The highest BCUT2D eigenvalue weighted by Gasteiger charge is 2.24. The van der Waals surface area contributed by atoms with Crippen molar-refractivity contribution in [3.05, 3.63) is 29.8 Å². The summed E-state index contributed by atoms with van der Waals surface area (Å²) in [7, 11) is 3.83. The molecule has 1 aromatic rings. The zero-order chi connectivity index (χ0) is 15.8. The van der Waals surface area contributed by atoms with Crippen LogP contribution < -0.4 is 4.74 Å². The van der Waals surface area contributed by atoms with E-state index in [0.29, 0.717) is 5.75 Å². The van der Waals surface area contributed by atoms with Gasteiger partial charge in [-0.05, 0) is 12.1 Å². The van der Waals surface area contributed by atoms with Crippen molar-refractivity contribution in [2.24, 2.45) is 0 Å². The summed E-state index contributed by atoms with van der Waals surface area (Å²) in [6.45, 7) is -0.717. The zero-order valence-corrected chi connectivity index (χ0v) is 12.1. The quantitative estimate of drug-likeness (QED) is 0.710. The third-order valence-electron chi connectivity index (χ3n) is 2.72. The Labute approximate surface area is 122 Å². The Bertz CT molecular complexity index is 510. The monoisotopic (exact) mass is 295 g/mol. The minimum absolute atomic E-state index is 0.243. The van der Waals surface area contributed by atoms with Crippen molar-refractivity contribution in [3.63, 3.8) is 0 Å². The maximum atomic E-state index is 12.5. The Morgan fingerprint density at radius 3 is 1.95 bits per heavy atom. The molecule has 0 aliphatic rings. The zero-order valence-electron chi connectivity index (χ0n) is 12.1. The van der Waals surface area contributed by atoms with Crippen LogP contribution in [0.1, 0.15) is 10.4 Å². The number of amides is 1. The van der Waals surface area contributed by atoms with E-state index in [1.165, 1.54) is 21.3 Å². The van der Waals surface area contributed by atoms with E-state index in [-0.39, 0.29) is 18.7 Å². The molecule has 0 atom stereocenters. The van der Waals surface area contributed by atoms with Crippen molar-refractivity contribution < 1.29 is 28.6 Å². The van der Waals surface area contributed by atoms with E-state index in [1.54, 1.807) is 24.3 Å². The number of nitrogens with zero attached hydrogens (tertiary/aromatic N) is 1. The molecule has 0 radical (unpaired) electrons. The van der Waals surface area contributed by atoms with Gasteiger partial charge in [0.05, 0.1) is 26.9 Å². The first-order valence-corrected chi connectivity index (χ1v) is 6.09. The third kappa shape index (κ3) is 4.48. The fraction of sp³-hybridized carbons (Fsp3) is 0.357. The molecule has 0 unspecified atom stereocenters. The van der Waals surface area contributed by atoms with Gasteiger partial charge in [0.15, 0.2) is 0 Å². The van der Waals surface area contributed by atoms with E-state index in [4.69, 9.17) is 4.74 Å². The van der Waals surface area contributed by atoms with Gasteiger partial charge in [0.1, 0.15) is 18.8 Å². The number of hydrogen-bond donors (Lipinski definition) is 0. The predicted octanol–water partition coefficient (Wildman–Crippen LogP) is 0.483. The van der Waals surface area contributed by atoms with E-state index in [2.05, 4.69) is 9.47 Å². The maximum Gasteiger partial charge on any atom is 0.325 e. The Kier molecular flexibility index (Phi) is 6.19. The number of ether oxygens (including phenoxy) is 3. The third-order valence-corrected chi connectivity index (χ3v) is 2.72. The molecule has 1 amide bonds. The van der Waals surface area contributed by atoms with Crippen molar-refractivity contribution in [1.82, 2.24) is 4.90 Å². The highest BCUT2D eigenvalue weighted by molar-refractivity contribution is 5.99. The molecular weight excluding hydrogens is 278 g/mol. The van der Waals surface area contributed by atoms with Crippen LogP contribution in [0.15, 0.2) is 24.3 Å². The second-order valence-corrected chi connectivity index (χ2v) is 4.01. The number of rotatable bonds is 6. The molecule has 0 fully saturated rings. The molecule has 1 aromatic carbocycles. The summed E-state index contributed by atoms with van der Waals surface area (Å²) in [5.41, 5.74) is 0.243. The summed E-state index contributed by atoms with van der Waals surface area (Å²) >= 11 is 0. The molecule has 1 rings (SSSR count). The molecule has 0 aromatic heterocycles. The lowest BCUT2D eigenvalue weighted by molar-refractivity contribution is -0.144. The average molecular weight is 295 g/mol. The second-order valence-electron chi connectivity index (χ2n) is 4.01. The molecule has 0 heterocycles. The molecule has 0 spiro atoms.